The average molecular weight is 353 g/mol. The van der Waals surface area contributed by atoms with E-state index in [4.69, 9.17) is 9.47 Å². The molecule has 4 heteroatoms. The fourth-order valence-electron chi connectivity index (χ4n) is 3.39. The topological polar surface area (TPSA) is 47.6 Å². The van der Waals surface area contributed by atoms with Gasteiger partial charge in [0.2, 0.25) is 0 Å². The average Bonchev–Trinajstić information content (AvgIpc) is 2.70. The van der Waals surface area contributed by atoms with Gasteiger partial charge in [0.15, 0.2) is 0 Å². The summed E-state index contributed by atoms with van der Waals surface area (Å²) in [4.78, 5) is 11.9. The molecule has 0 spiro atoms. The smallest absolute Gasteiger partial charge is 0.332 e. The van der Waals surface area contributed by atoms with Crippen molar-refractivity contribution in [2.45, 2.75) is 31.3 Å². The van der Waals surface area contributed by atoms with Crippen molar-refractivity contribution in [1.82, 2.24) is 5.32 Å². The van der Waals surface area contributed by atoms with Gasteiger partial charge in [-0.2, -0.15) is 0 Å². The third-order valence-electron chi connectivity index (χ3n) is 4.76. The van der Waals surface area contributed by atoms with Gasteiger partial charge in [-0.15, -0.1) is 0 Å². The summed E-state index contributed by atoms with van der Waals surface area (Å²) in [5.41, 5.74) is 2.53. The third kappa shape index (κ3) is 5.68. The van der Waals surface area contributed by atoms with Crippen LogP contribution in [0.3, 0.4) is 0 Å². The van der Waals surface area contributed by atoms with Gasteiger partial charge in [0.05, 0.1) is 0 Å². The molecule has 0 amide bonds. The van der Waals surface area contributed by atoms with Crippen molar-refractivity contribution in [1.29, 1.82) is 0 Å². The van der Waals surface area contributed by atoms with Gasteiger partial charge in [0.1, 0.15) is 12.7 Å². The summed E-state index contributed by atoms with van der Waals surface area (Å²) in [6.07, 6.45) is 2.63. The molecule has 138 valence electrons. The standard InChI is InChI=1S/C22H27NO3/c24-22(26-20-11-14-23-15-12-20)17-25-16-13-21(18-7-3-1-4-8-18)19-9-5-2-6-10-19/h1-10,20-21,23H,11-17H2. The maximum absolute atomic E-state index is 11.9. The van der Waals surface area contributed by atoms with Crippen molar-refractivity contribution >= 4 is 5.97 Å². The number of nitrogens with one attached hydrogen (secondary N) is 1. The van der Waals surface area contributed by atoms with Gasteiger partial charge in [-0.3, -0.25) is 0 Å². The van der Waals surface area contributed by atoms with E-state index in [1.807, 2.05) is 12.1 Å². The lowest BCUT2D eigenvalue weighted by molar-refractivity contribution is -0.155. The van der Waals surface area contributed by atoms with E-state index in [1.165, 1.54) is 11.1 Å². The van der Waals surface area contributed by atoms with Gasteiger partial charge < -0.3 is 14.8 Å². The van der Waals surface area contributed by atoms with Crippen molar-refractivity contribution in [3.63, 3.8) is 0 Å². The Morgan fingerprint density at radius 2 is 1.54 bits per heavy atom. The van der Waals surface area contributed by atoms with Crippen molar-refractivity contribution < 1.29 is 14.3 Å². The van der Waals surface area contributed by atoms with Crippen molar-refractivity contribution in [2.75, 3.05) is 26.3 Å². The van der Waals surface area contributed by atoms with E-state index in [9.17, 15) is 4.79 Å². The van der Waals surface area contributed by atoms with Gasteiger partial charge in [-0.1, -0.05) is 60.7 Å². The van der Waals surface area contributed by atoms with Crippen LogP contribution in [0, 0.1) is 0 Å². The highest BCUT2D eigenvalue weighted by atomic mass is 16.6. The summed E-state index contributed by atoms with van der Waals surface area (Å²) < 4.78 is 11.1. The molecule has 4 nitrogen and oxygen atoms in total. The van der Waals surface area contributed by atoms with E-state index >= 15 is 0 Å². The fourth-order valence-corrected chi connectivity index (χ4v) is 3.39. The van der Waals surface area contributed by atoms with Gasteiger partial charge >= 0.3 is 5.97 Å². The van der Waals surface area contributed by atoms with Crippen molar-refractivity contribution in [3.8, 4) is 0 Å². The molecule has 1 fully saturated rings. The number of ether oxygens (including phenoxy) is 2. The highest BCUT2D eigenvalue weighted by molar-refractivity contribution is 5.70. The van der Waals surface area contributed by atoms with Gasteiger partial charge in [0.25, 0.3) is 0 Å². The molecule has 0 saturated carbocycles. The second kappa shape index (κ2) is 10.1. The normalized spacial score (nSPS) is 15.1. The molecule has 2 aromatic rings. The molecule has 1 N–H and O–H groups in total. The number of hydrogen-bond donors (Lipinski definition) is 1. The van der Waals surface area contributed by atoms with Crippen LogP contribution in [0.15, 0.2) is 60.7 Å². The molecule has 3 rings (SSSR count). The van der Waals surface area contributed by atoms with E-state index < -0.39 is 0 Å². The first-order valence-corrected chi connectivity index (χ1v) is 9.41. The number of carbonyl (C=O) groups is 1. The first kappa shape index (κ1) is 18.6. The lowest BCUT2D eigenvalue weighted by Crippen LogP contribution is -2.34. The second-order valence-electron chi connectivity index (χ2n) is 6.65. The Bertz CT molecular complexity index is 614. The second-order valence-corrected chi connectivity index (χ2v) is 6.65. The number of piperidine rings is 1. The molecular weight excluding hydrogens is 326 g/mol. The lowest BCUT2D eigenvalue weighted by Gasteiger charge is -2.22. The predicted molar refractivity (Wildman–Crippen MR) is 102 cm³/mol. The molecule has 0 aliphatic carbocycles. The zero-order chi connectivity index (χ0) is 18.0. The Morgan fingerprint density at radius 3 is 2.12 bits per heavy atom. The molecule has 0 unspecified atom stereocenters. The maximum Gasteiger partial charge on any atom is 0.332 e. The van der Waals surface area contributed by atoms with Gasteiger partial charge in [-0.05, 0) is 43.5 Å². The first-order chi connectivity index (χ1) is 12.8. The van der Waals surface area contributed by atoms with Crippen LogP contribution in [0.1, 0.15) is 36.3 Å². The summed E-state index contributed by atoms with van der Waals surface area (Å²) in [6, 6.07) is 20.9. The van der Waals surface area contributed by atoms with E-state index in [-0.39, 0.29) is 24.6 Å². The molecular formula is C22H27NO3. The van der Waals surface area contributed by atoms with E-state index in [1.54, 1.807) is 0 Å². The summed E-state index contributed by atoms with van der Waals surface area (Å²) >= 11 is 0. The van der Waals surface area contributed by atoms with Crippen LogP contribution in [-0.4, -0.2) is 38.4 Å². The lowest BCUT2D eigenvalue weighted by atomic mass is 9.89. The summed E-state index contributed by atoms with van der Waals surface area (Å²) in [6.45, 7) is 2.37. The molecule has 0 atom stereocenters. The molecule has 2 aromatic carbocycles. The number of hydrogen-bond acceptors (Lipinski definition) is 4. The van der Waals surface area contributed by atoms with Crippen LogP contribution < -0.4 is 5.32 Å². The third-order valence-corrected chi connectivity index (χ3v) is 4.76. The monoisotopic (exact) mass is 353 g/mol. The van der Waals surface area contributed by atoms with E-state index in [2.05, 4.69) is 53.8 Å². The minimum atomic E-state index is -0.257. The SMILES string of the molecule is O=C(COCCC(c1ccccc1)c1ccccc1)OC1CCNCC1. The molecule has 1 aliphatic rings. The maximum atomic E-state index is 11.9. The largest absolute Gasteiger partial charge is 0.461 e. The van der Waals surface area contributed by atoms with Crippen LogP contribution in [0.4, 0.5) is 0 Å². The Balaban J connectivity index is 1.48. The van der Waals surface area contributed by atoms with Crippen LogP contribution >= 0.6 is 0 Å². The number of rotatable bonds is 8. The Labute approximate surface area is 155 Å². The fraction of sp³-hybridized carbons (Fsp3) is 0.409. The summed E-state index contributed by atoms with van der Waals surface area (Å²) in [7, 11) is 0. The summed E-state index contributed by atoms with van der Waals surface area (Å²) in [5, 5.41) is 3.26. The van der Waals surface area contributed by atoms with Crippen LogP contribution in [0.25, 0.3) is 0 Å². The number of esters is 1. The Hall–Kier alpha value is -2.17. The van der Waals surface area contributed by atoms with Gasteiger partial charge in [0, 0.05) is 12.5 Å². The van der Waals surface area contributed by atoms with Crippen LogP contribution in [0.2, 0.25) is 0 Å². The minimum Gasteiger partial charge on any atom is -0.461 e. The zero-order valence-corrected chi connectivity index (χ0v) is 15.1. The van der Waals surface area contributed by atoms with Crippen LogP contribution in [-0.2, 0) is 14.3 Å². The Kier molecular flexibility index (Phi) is 7.23. The molecule has 0 radical (unpaired) electrons. The zero-order valence-electron chi connectivity index (χ0n) is 15.1. The molecule has 1 aliphatic heterocycles. The van der Waals surface area contributed by atoms with Crippen molar-refractivity contribution in [3.05, 3.63) is 71.8 Å². The summed E-state index contributed by atoms with van der Waals surface area (Å²) in [5.74, 6) is 0.00529. The minimum absolute atomic E-state index is 0.0280. The molecule has 1 heterocycles. The first-order valence-electron chi connectivity index (χ1n) is 9.41. The van der Waals surface area contributed by atoms with Crippen molar-refractivity contribution in [2.24, 2.45) is 0 Å². The quantitative estimate of drug-likeness (QED) is 0.583. The Morgan fingerprint density at radius 1 is 0.962 bits per heavy atom. The molecule has 1 saturated heterocycles. The van der Waals surface area contributed by atoms with E-state index in [0.717, 1.165) is 32.4 Å². The number of carbonyl (C=O) groups excluding carboxylic acids is 1. The number of benzene rings is 2. The molecule has 26 heavy (non-hydrogen) atoms. The molecule has 0 bridgehead atoms. The van der Waals surface area contributed by atoms with E-state index in [0.29, 0.717) is 6.61 Å². The predicted octanol–water partition coefficient (Wildman–Crippen LogP) is 3.52. The molecule has 0 aromatic heterocycles. The highest BCUT2D eigenvalue weighted by Gasteiger charge is 2.18. The van der Waals surface area contributed by atoms with Crippen LogP contribution in [0.5, 0.6) is 0 Å². The highest BCUT2D eigenvalue weighted by Crippen LogP contribution is 2.27. The van der Waals surface area contributed by atoms with Gasteiger partial charge in [-0.25, -0.2) is 4.79 Å².